The van der Waals surface area contributed by atoms with Crippen molar-refractivity contribution in [2.75, 3.05) is 19.6 Å². The van der Waals surface area contributed by atoms with Crippen LogP contribution in [0.25, 0.3) is 0 Å². The average Bonchev–Trinajstić information content (AvgIpc) is 2.86. The van der Waals surface area contributed by atoms with Crippen molar-refractivity contribution in [3.63, 3.8) is 0 Å². The largest absolute Gasteiger partial charge is 0.457 e. The lowest BCUT2D eigenvalue weighted by atomic mass is 9.71. The Morgan fingerprint density at radius 3 is 2.67 bits per heavy atom. The number of benzene rings is 2. The molecule has 0 unspecified atom stereocenters. The van der Waals surface area contributed by atoms with E-state index in [-0.39, 0.29) is 5.41 Å². The summed E-state index contributed by atoms with van der Waals surface area (Å²) in [7, 11) is 0. The van der Waals surface area contributed by atoms with Gasteiger partial charge >= 0.3 is 0 Å². The molecule has 2 heterocycles. The lowest BCUT2D eigenvalue weighted by molar-refractivity contribution is 0.330. The van der Waals surface area contributed by atoms with Gasteiger partial charge in [0.05, 0.1) is 0 Å². The van der Waals surface area contributed by atoms with Crippen molar-refractivity contribution < 1.29 is 4.74 Å². The van der Waals surface area contributed by atoms with Gasteiger partial charge in [-0.25, -0.2) is 0 Å². The maximum Gasteiger partial charge on any atom is 0.131 e. The van der Waals surface area contributed by atoms with Crippen LogP contribution in [-0.4, -0.2) is 24.5 Å². The third kappa shape index (κ3) is 2.28. The van der Waals surface area contributed by atoms with Gasteiger partial charge in [-0.05, 0) is 55.8 Å². The smallest absolute Gasteiger partial charge is 0.131 e. The quantitative estimate of drug-likeness (QED) is 0.684. The number of ether oxygens (including phenoxy) is 1. The molecule has 2 aromatic rings. The van der Waals surface area contributed by atoms with E-state index in [0.717, 1.165) is 36.2 Å². The van der Waals surface area contributed by atoms with Crippen LogP contribution in [0.15, 0.2) is 30.3 Å². The van der Waals surface area contributed by atoms with Crippen molar-refractivity contribution in [2.45, 2.75) is 39.0 Å². The molecule has 2 atom stereocenters. The Bertz CT molecular complexity index is 816. The molecular weight excluding hydrogens is 318 g/mol. The second-order valence-corrected chi connectivity index (χ2v) is 7.95. The Balaban J connectivity index is 1.99. The van der Waals surface area contributed by atoms with E-state index in [4.69, 9.17) is 16.3 Å². The van der Waals surface area contributed by atoms with Crippen molar-refractivity contribution in [1.82, 2.24) is 4.90 Å². The molecule has 0 amide bonds. The minimum atomic E-state index is 0.0414. The lowest BCUT2D eigenvalue weighted by Crippen LogP contribution is -2.31. The van der Waals surface area contributed by atoms with Crippen LogP contribution >= 0.6 is 11.6 Å². The van der Waals surface area contributed by atoms with E-state index in [1.807, 2.05) is 12.1 Å². The van der Waals surface area contributed by atoms with Crippen LogP contribution in [0, 0.1) is 13.8 Å². The first-order chi connectivity index (χ1) is 11.4. The molecule has 1 fully saturated rings. The van der Waals surface area contributed by atoms with E-state index in [1.54, 1.807) is 0 Å². The average molecular weight is 342 g/mol. The summed E-state index contributed by atoms with van der Waals surface area (Å²) in [5.41, 5.74) is 5.22. The number of fused-ring (bicyclic) bond motifs is 5. The van der Waals surface area contributed by atoms with Gasteiger partial charge in [0.1, 0.15) is 11.5 Å². The van der Waals surface area contributed by atoms with E-state index in [0.29, 0.717) is 5.92 Å². The van der Waals surface area contributed by atoms with Gasteiger partial charge in [0.15, 0.2) is 0 Å². The molecule has 2 nitrogen and oxygen atoms in total. The molecule has 4 rings (SSSR count). The highest BCUT2D eigenvalue weighted by Gasteiger charge is 2.48. The van der Waals surface area contributed by atoms with Crippen LogP contribution < -0.4 is 4.74 Å². The van der Waals surface area contributed by atoms with Gasteiger partial charge < -0.3 is 9.64 Å². The molecule has 2 aromatic carbocycles. The van der Waals surface area contributed by atoms with Crippen LogP contribution in [0.1, 0.15) is 42.0 Å². The number of rotatable bonds is 1. The maximum absolute atomic E-state index is 6.39. The van der Waals surface area contributed by atoms with E-state index >= 15 is 0 Å². The molecule has 0 bridgehead atoms. The van der Waals surface area contributed by atoms with Crippen LogP contribution in [0.2, 0.25) is 5.02 Å². The number of likely N-dealkylation sites (N-methyl/N-ethyl adjacent to an activating group) is 1. The Kier molecular flexibility index (Phi) is 3.67. The zero-order valence-electron chi connectivity index (χ0n) is 14.8. The number of aryl methyl sites for hydroxylation is 2. The van der Waals surface area contributed by atoms with E-state index < -0.39 is 0 Å². The van der Waals surface area contributed by atoms with Crippen LogP contribution in [0.5, 0.6) is 11.5 Å². The molecule has 2 aliphatic rings. The van der Waals surface area contributed by atoms with E-state index in [2.05, 4.69) is 50.8 Å². The van der Waals surface area contributed by atoms with Crippen molar-refractivity contribution >= 4 is 11.6 Å². The molecule has 0 aromatic heterocycles. The first kappa shape index (κ1) is 16.0. The number of halogens is 1. The fourth-order valence-electron chi connectivity index (χ4n) is 4.38. The van der Waals surface area contributed by atoms with Gasteiger partial charge in [-0.1, -0.05) is 31.5 Å². The normalized spacial score (nSPS) is 25.5. The number of hydrogen-bond acceptors (Lipinski definition) is 2. The number of nitrogens with zero attached hydrogens (tertiary/aromatic N) is 1. The molecule has 0 N–H and O–H groups in total. The van der Waals surface area contributed by atoms with Crippen LogP contribution in [0.3, 0.4) is 0 Å². The molecule has 0 radical (unpaired) electrons. The summed E-state index contributed by atoms with van der Waals surface area (Å²) in [6.07, 6.45) is 0. The zero-order valence-corrected chi connectivity index (χ0v) is 15.6. The summed E-state index contributed by atoms with van der Waals surface area (Å²) in [4.78, 5) is 2.54. The minimum Gasteiger partial charge on any atom is -0.457 e. The lowest BCUT2D eigenvalue weighted by Gasteiger charge is -2.31. The third-order valence-corrected chi connectivity index (χ3v) is 6.22. The summed E-state index contributed by atoms with van der Waals surface area (Å²) in [5.74, 6) is 2.36. The summed E-state index contributed by atoms with van der Waals surface area (Å²) in [6, 6.07) is 10.6. The molecule has 2 aliphatic heterocycles. The second kappa shape index (κ2) is 5.50. The highest BCUT2D eigenvalue weighted by Crippen LogP contribution is 2.54. The van der Waals surface area contributed by atoms with E-state index in [9.17, 15) is 0 Å². The monoisotopic (exact) mass is 341 g/mol. The Morgan fingerprint density at radius 1 is 1.17 bits per heavy atom. The summed E-state index contributed by atoms with van der Waals surface area (Å²) in [5, 5.41) is 0.785. The van der Waals surface area contributed by atoms with Crippen molar-refractivity contribution in [3.8, 4) is 11.5 Å². The molecular formula is C21H24ClNO. The highest BCUT2D eigenvalue weighted by atomic mass is 35.5. The predicted octanol–water partition coefficient (Wildman–Crippen LogP) is 5.44. The van der Waals surface area contributed by atoms with Gasteiger partial charge in [-0.2, -0.15) is 0 Å². The molecule has 126 valence electrons. The fourth-order valence-corrected chi connectivity index (χ4v) is 4.56. The van der Waals surface area contributed by atoms with Gasteiger partial charge in [0.2, 0.25) is 0 Å². The zero-order chi connectivity index (χ0) is 17.1. The van der Waals surface area contributed by atoms with Crippen LogP contribution in [-0.2, 0) is 5.41 Å². The van der Waals surface area contributed by atoms with Crippen molar-refractivity contribution in [1.29, 1.82) is 0 Å². The van der Waals surface area contributed by atoms with Crippen molar-refractivity contribution in [3.05, 3.63) is 57.6 Å². The molecule has 24 heavy (non-hydrogen) atoms. The molecule has 0 saturated carbocycles. The van der Waals surface area contributed by atoms with Gasteiger partial charge in [-0.15, -0.1) is 0 Å². The maximum atomic E-state index is 6.39. The Hall–Kier alpha value is -1.51. The van der Waals surface area contributed by atoms with Gasteiger partial charge in [-0.3, -0.25) is 0 Å². The minimum absolute atomic E-state index is 0.0414. The first-order valence-electron chi connectivity index (χ1n) is 8.73. The van der Waals surface area contributed by atoms with Gasteiger partial charge in [0.25, 0.3) is 0 Å². The summed E-state index contributed by atoms with van der Waals surface area (Å²) in [6.45, 7) is 12.2. The predicted molar refractivity (Wildman–Crippen MR) is 99.6 cm³/mol. The van der Waals surface area contributed by atoms with Crippen LogP contribution in [0.4, 0.5) is 0 Å². The second-order valence-electron chi connectivity index (χ2n) is 7.51. The highest BCUT2D eigenvalue weighted by molar-refractivity contribution is 6.30. The Labute approximate surface area is 149 Å². The molecule has 1 saturated heterocycles. The first-order valence-corrected chi connectivity index (χ1v) is 9.11. The summed E-state index contributed by atoms with van der Waals surface area (Å²) >= 11 is 6.33. The molecule has 0 spiro atoms. The molecule has 0 aliphatic carbocycles. The summed E-state index contributed by atoms with van der Waals surface area (Å²) < 4.78 is 6.39. The molecule has 3 heteroatoms. The SMILES string of the molecule is CCN1C[C@H]2c3cc(Cl)ccc3Oc3cc(C)c(C)cc3[C@]2(C)C1. The third-order valence-electron chi connectivity index (χ3n) is 5.99. The standard InChI is InChI=1S/C21H24ClNO/c1-5-23-11-18-16-10-15(22)6-7-19(16)24-20-9-14(3)13(2)8-17(20)21(18,4)12-23/h6-10,18H,5,11-12H2,1-4H3/t18-,21-/m0/s1. The fraction of sp³-hybridized carbons (Fsp3) is 0.429. The Morgan fingerprint density at radius 2 is 1.92 bits per heavy atom. The van der Waals surface area contributed by atoms with Gasteiger partial charge in [0, 0.05) is 40.6 Å². The topological polar surface area (TPSA) is 12.5 Å². The number of hydrogen-bond donors (Lipinski definition) is 0. The van der Waals surface area contributed by atoms with Crippen molar-refractivity contribution in [2.24, 2.45) is 0 Å². The van der Waals surface area contributed by atoms with E-state index in [1.165, 1.54) is 22.3 Å². The number of likely N-dealkylation sites (tertiary alicyclic amines) is 1.